The molecule has 0 saturated heterocycles. The van der Waals surface area contributed by atoms with Crippen LogP contribution in [0.15, 0.2) is 50.6 Å². The zero-order chi connectivity index (χ0) is 16.6. The third-order valence-corrected chi connectivity index (χ3v) is 3.64. The monoisotopic (exact) mass is 311 g/mol. The Morgan fingerprint density at radius 3 is 2.74 bits per heavy atom. The van der Waals surface area contributed by atoms with E-state index in [1.165, 1.54) is 10.8 Å². The number of nitrogens with zero attached hydrogens (tertiary/aromatic N) is 1. The molecule has 3 aromatic rings. The van der Waals surface area contributed by atoms with Crippen molar-refractivity contribution in [2.24, 2.45) is 0 Å². The Balaban J connectivity index is 2.49. The molecule has 0 bridgehead atoms. The zero-order valence-electron chi connectivity index (χ0n) is 12.3. The predicted octanol–water partition coefficient (Wildman–Crippen LogP) is 2.23. The Hall–Kier alpha value is -3.15. The Morgan fingerprint density at radius 2 is 2.04 bits per heavy atom. The molecule has 1 N–H and O–H groups in total. The summed E-state index contributed by atoms with van der Waals surface area (Å²) in [6, 6.07) is 7.17. The summed E-state index contributed by atoms with van der Waals surface area (Å²) in [6.07, 6.45) is 3.13. The van der Waals surface area contributed by atoms with Gasteiger partial charge in [0.2, 0.25) is 5.43 Å². The van der Waals surface area contributed by atoms with Gasteiger partial charge in [0.05, 0.1) is 11.1 Å². The highest BCUT2D eigenvalue weighted by Gasteiger charge is 2.16. The summed E-state index contributed by atoms with van der Waals surface area (Å²) in [5, 5.41) is 9.26. The Labute approximate surface area is 129 Å². The lowest BCUT2D eigenvalue weighted by Crippen LogP contribution is -2.25. The van der Waals surface area contributed by atoms with E-state index in [1.54, 1.807) is 18.2 Å². The van der Waals surface area contributed by atoms with E-state index in [0.717, 1.165) is 12.2 Å². The van der Waals surface area contributed by atoms with Crippen LogP contribution in [0.25, 0.3) is 27.9 Å². The van der Waals surface area contributed by atoms with Crippen molar-refractivity contribution in [1.82, 2.24) is 4.57 Å². The molecule has 0 saturated carbocycles. The maximum absolute atomic E-state index is 12.6. The smallest absolute Gasteiger partial charge is 0.328 e. The molecule has 6 nitrogen and oxygen atoms in total. The molecular weight excluding hydrogens is 298 g/mol. The molecule has 116 valence electrons. The lowest BCUT2D eigenvalue weighted by atomic mass is 10.1. The second-order valence-electron chi connectivity index (χ2n) is 4.96. The number of benzene rings is 1. The first-order chi connectivity index (χ1) is 11.0. The number of hydrogen-bond acceptors (Lipinski definition) is 4. The fraction of sp³-hybridized carbons (Fsp3) is 0.118. The highest BCUT2D eigenvalue weighted by atomic mass is 16.4. The minimum atomic E-state index is -1.19. The Kier molecular flexibility index (Phi) is 3.57. The zero-order valence-corrected chi connectivity index (χ0v) is 12.3. The molecule has 0 fully saturated rings. The number of aryl methyl sites for hydroxylation is 1. The summed E-state index contributed by atoms with van der Waals surface area (Å²) in [7, 11) is 0. The quantitative estimate of drug-likeness (QED) is 0.592. The molecule has 0 atom stereocenters. The number of aromatic nitrogens is 1. The number of hydrogen-bond donors (Lipinski definition) is 1. The van der Waals surface area contributed by atoms with Crippen LogP contribution in [0.1, 0.15) is 12.5 Å². The van der Waals surface area contributed by atoms with Crippen molar-refractivity contribution in [2.75, 3.05) is 0 Å². The lowest BCUT2D eigenvalue weighted by molar-refractivity contribution is -0.131. The van der Waals surface area contributed by atoms with Gasteiger partial charge in [0.15, 0.2) is 5.58 Å². The summed E-state index contributed by atoms with van der Waals surface area (Å²) in [5.74, 6) is -1.19. The summed E-state index contributed by atoms with van der Waals surface area (Å²) >= 11 is 0. The SMILES string of the molecule is CCn1c(=O)c2c(=O)c(/C=C/C(=O)O)coc2c2ccccc21. The van der Waals surface area contributed by atoms with Gasteiger partial charge in [-0.25, -0.2) is 4.79 Å². The van der Waals surface area contributed by atoms with Gasteiger partial charge < -0.3 is 14.1 Å². The molecule has 2 aromatic heterocycles. The van der Waals surface area contributed by atoms with Gasteiger partial charge in [-0.3, -0.25) is 9.59 Å². The molecular formula is C17H13NO5. The maximum Gasteiger partial charge on any atom is 0.328 e. The van der Waals surface area contributed by atoms with Gasteiger partial charge in [0.1, 0.15) is 11.6 Å². The highest BCUT2D eigenvalue weighted by Crippen LogP contribution is 2.21. The van der Waals surface area contributed by atoms with Gasteiger partial charge in [0, 0.05) is 18.0 Å². The Bertz CT molecular complexity index is 1070. The number of rotatable bonds is 3. The second kappa shape index (κ2) is 5.57. The molecule has 1 aromatic carbocycles. The second-order valence-corrected chi connectivity index (χ2v) is 4.96. The van der Waals surface area contributed by atoms with E-state index in [2.05, 4.69) is 0 Å². The van der Waals surface area contributed by atoms with E-state index in [1.807, 2.05) is 13.0 Å². The van der Waals surface area contributed by atoms with E-state index in [0.29, 0.717) is 17.4 Å². The summed E-state index contributed by atoms with van der Waals surface area (Å²) < 4.78 is 6.99. The van der Waals surface area contributed by atoms with E-state index >= 15 is 0 Å². The van der Waals surface area contributed by atoms with Crippen LogP contribution in [0.3, 0.4) is 0 Å². The molecule has 0 aliphatic heterocycles. The third-order valence-electron chi connectivity index (χ3n) is 3.64. The minimum absolute atomic E-state index is 0.0231. The van der Waals surface area contributed by atoms with Gasteiger partial charge in [-0.2, -0.15) is 0 Å². The van der Waals surface area contributed by atoms with E-state index < -0.39 is 17.0 Å². The van der Waals surface area contributed by atoms with Gasteiger partial charge in [-0.1, -0.05) is 12.1 Å². The van der Waals surface area contributed by atoms with Crippen LogP contribution in [0.2, 0.25) is 0 Å². The topological polar surface area (TPSA) is 89.5 Å². The largest absolute Gasteiger partial charge is 0.478 e. The summed E-state index contributed by atoms with van der Waals surface area (Å²) in [4.78, 5) is 35.8. The molecule has 2 heterocycles. The van der Waals surface area contributed by atoms with Crippen molar-refractivity contribution in [3.05, 3.63) is 62.7 Å². The van der Waals surface area contributed by atoms with Gasteiger partial charge in [0.25, 0.3) is 5.56 Å². The third kappa shape index (κ3) is 2.34. The predicted molar refractivity (Wildman–Crippen MR) is 86.6 cm³/mol. The van der Waals surface area contributed by atoms with E-state index in [-0.39, 0.29) is 16.5 Å². The molecule has 6 heteroatoms. The van der Waals surface area contributed by atoms with Crippen LogP contribution in [-0.2, 0) is 11.3 Å². The number of para-hydroxylation sites is 1. The van der Waals surface area contributed by atoms with Crippen molar-refractivity contribution in [2.45, 2.75) is 13.5 Å². The standard InChI is InChI=1S/C17H13NO5/c1-2-18-12-6-4-3-5-11(12)16-14(17(18)22)15(21)10(9-23-16)7-8-13(19)20/h3-9H,2H2,1H3,(H,19,20)/b8-7+. The van der Waals surface area contributed by atoms with Crippen LogP contribution < -0.4 is 11.0 Å². The number of carboxylic acids is 1. The fourth-order valence-electron chi connectivity index (χ4n) is 2.61. The number of carbonyl (C=O) groups is 1. The molecule has 0 radical (unpaired) electrons. The lowest BCUT2D eigenvalue weighted by Gasteiger charge is -2.10. The molecule has 0 unspecified atom stereocenters. The van der Waals surface area contributed by atoms with Crippen LogP contribution >= 0.6 is 0 Å². The van der Waals surface area contributed by atoms with Crippen molar-refractivity contribution >= 4 is 33.9 Å². The first-order valence-electron chi connectivity index (χ1n) is 7.02. The van der Waals surface area contributed by atoms with Gasteiger partial charge in [-0.15, -0.1) is 0 Å². The highest BCUT2D eigenvalue weighted by molar-refractivity contribution is 6.02. The van der Waals surface area contributed by atoms with Crippen molar-refractivity contribution in [1.29, 1.82) is 0 Å². The first-order valence-corrected chi connectivity index (χ1v) is 7.02. The minimum Gasteiger partial charge on any atom is -0.478 e. The van der Waals surface area contributed by atoms with Crippen molar-refractivity contribution in [3.63, 3.8) is 0 Å². The normalized spacial score (nSPS) is 11.5. The molecule has 3 rings (SSSR count). The van der Waals surface area contributed by atoms with E-state index in [9.17, 15) is 14.4 Å². The molecule has 0 spiro atoms. The van der Waals surface area contributed by atoms with Crippen LogP contribution in [-0.4, -0.2) is 15.6 Å². The maximum atomic E-state index is 12.6. The van der Waals surface area contributed by atoms with Gasteiger partial charge in [-0.05, 0) is 25.1 Å². The van der Waals surface area contributed by atoms with Crippen LogP contribution in [0.5, 0.6) is 0 Å². The molecule has 0 aliphatic rings. The van der Waals surface area contributed by atoms with E-state index in [4.69, 9.17) is 9.52 Å². The molecule has 23 heavy (non-hydrogen) atoms. The summed E-state index contributed by atoms with van der Waals surface area (Å²) in [6.45, 7) is 2.22. The van der Waals surface area contributed by atoms with Crippen LogP contribution in [0.4, 0.5) is 0 Å². The van der Waals surface area contributed by atoms with Crippen LogP contribution in [0, 0.1) is 0 Å². The van der Waals surface area contributed by atoms with Gasteiger partial charge >= 0.3 is 5.97 Å². The molecule has 0 amide bonds. The first kappa shape index (κ1) is 14.8. The molecule has 0 aliphatic carbocycles. The number of pyridine rings is 1. The number of carboxylic acid groups (broad SMARTS) is 1. The number of fused-ring (bicyclic) bond motifs is 3. The van der Waals surface area contributed by atoms with Crippen molar-refractivity contribution < 1.29 is 14.3 Å². The summed E-state index contributed by atoms with van der Waals surface area (Å²) in [5.41, 5.74) is -0.0607. The van der Waals surface area contributed by atoms with Crippen molar-refractivity contribution in [3.8, 4) is 0 Å². The Morgan fingerprint density at radius 1 is 1.30 bits per heavy atom. The fourth-order valence-corrected chi connectivity index (χ4v) is 2.61. The average Bonchev–Trinajstić information content (AvgIpc) is 2.54. The average molecular weight is 311 g/mol. The number of aliphatic carboxylic acids is 1.